The van der Waals surface area contributed by atoms with Crippen molar-refractivity contribution < 1.29 is 9.53 Å². The van der Waals surface area contributed by atoms with E-state index in [2.05, 4.69) is 39.3 Å². The first-order valence-electron chi connectivity index (χ1n) is 8.61. The van der Waals surface area contributed by atoms with Crippen molar-refractivity contribution >= 4 is 23.2 Å². The first kappa shape index (κ1) is 19.8. The number of rotatable bonds is 8. The van der Waals surface area contributed by atoms with Crippen LogP contribution < -0.4 is 20.7 Å². The minimum Gasteiger partial charge on any atom is -0.497 e. The smallest absolute Gasteiger partial charge is 0.251 e. The van der Waals surface area contributed by atoms with Crippen molar-refractivity contribution in [3.63, 3.8) is 0 Å². The third-order valence-corrected chi connectivity index (χ3v) is 4.74. The number of hydrogen-bond acceptors (Lipinski definition) is 4. The van der Waals surface area contributed by atoms with Crippen LogP contribution in [0.1, 0.15) is 27.7 Å². The highest BCUT2D eigenvalue weighted by Crippen LogP contribution is 2.16. The molecule has 0 saturated heterocycles. The number of hydrogen-bond donors (Lipinski definition) is 3. The van der Waals surface area contributed by atoms with Crippen molar-refractivity contribution in [2.24, 2.45) is 4.99 Å². The molecule has 0 aliphatic heterocycles. The second kappa shape index (κ2) is 10.5. The summed E-state index contributed by atoms with van der Waals surface area (Å²) in [6, 6.07) is 9.20. The molecule has 0 aliphatic rings. The Labute approximate surface area is 158 Å². The van der Waals surface area contributed by atoms with E-state index in [0.29, 0.717) is 30.9 Å². The number of carbonyl (C=O) groups excluding carboxylic acids is 1. The molecular weight excluding hydrogens is 348 g/mol. The van der Waals surface area contributed by atoms with E-state index in [0.717, 1.165) is 12.5 Å². The van der Waals surface area contributed by atoms with Gasteiger partial charge in [-0.25, -0.2) is 4.99 Å². The van der Waals surface area contributed by atoms with E-state index in [1.807, 2.05) is 13.0 Å². The third kappa shape index (κ3) is 6.07. The van der Waals surface area contributed by atoms with Crippen molar-refractivity contribution in [1.29, 1.82) is 0 Å². The molecule has 0 bridgehead atoms. The van der Waals surface area contributed by atoms with E-state index in [9.17, 15) is 4.79 Å². The Balaban J connectivity index is 1.80. The van der Waals surface area contributed by atoms with Gasteiger partial charge < -0.3 is 20.7 Å². The zero-order valence-corrected chi connectivity index (χ0v) is 16.3. The number of nitrogens with one attached hydrogen (secondary N) is 3. The summed E-state index contributed by atoms with van der Waals surface area (Å²) in [6.07, 6.45) is 0. The number of ether oxygens (including phenoxy) is 1. The molecule has 3 N–H and O–H groups in total. The minimum absolute atomic E-state index is 0.123. The van der Waals surface area contributed by atoms with Gasteiger partial charge in [-0.2, -0.15) is 0 Å². The molecule has 1 aromatic carbocycles. The van der Waals surface area contributed by atoms with Crippen LogP contribution in [0.15, 0.2) is 40.7 Å². The maximum Gasteiger partial charge on any atom is 0.251 e. The Morgan fingerprint density at radius 1 is 1.19 bits per heavy atom. The van der Waals surface area contributed by atoms with Crippen molar-refractivity contribution in [2.45, 2.75) is 20.4 Å². The van der Waals surface area contributed by atoms with Gasteiger partial charge in [0.05, 0.1) is 13.7 Å². The molecule has 7 heteroatoms. The molecule has 0 radical (unpaired) electrons. The van der Waals surface area contributed by atoms with Crippen LogP contribution in [0.4, 0.5) is 0 Å². The number of nitrogens with zero attached hydrogens (tertiary/aromatic N) is 1. The normalized spacial score (nSPS) is 11.1. The van der Waals surface area contributed by atoms with E-state index in [1.54, 1.807) is 36.6 Å². The minimum atomic E-state index is -0.123. The summed E-state index contributed by atoms with van der Waals surface area (Å²) in [5.41, 5.74) is 1.85. The quantitative estimate of drug-likeness (QED) is 0.377. The van der Waals surface area contributed by atoms with Gasteiger partial charge in [0.15, 0.2) is 5.96 Å². The van der Waals surface area contributed by atoms with E-state index < -0.39 is 0 Å². The molecule has 1 aromatic heterocycles. The largest absolute Gasteiger partial charge is 0.497 e. The molecular formula is C19H26N4O2S. The van der Waals surface area contributed by atoms with E-state index in [4.69, 9.17) is 4.74 Å². The fraction of sp³-hybridized carbons (Fsp3) is 0.368. The van der Waals surface area contributed by atoms with Crippen LogP contribution in [0, 0.1) is 6.92 Å². The molecule has 140 valence electrons. The van der Waals surface area contributed by atoms with Gasteiger partial charge in [-0.3, -0.25) is 4.79 Å². The number of methoxy groups -OCH3 is 1. The Bertz CT molecular complexity index is 743. The Hall–Kier alpha value is -2.54. The molecule has 26 heavy (non-hydrogen) atoms. The fourth-order valence-corrected chi connectivity index (χ4v) is 3.11. The summed E-state index contributed by atoms with van der Waals surface area (Å²) in [7, 11) is 1.58. The van der Waals surface area contributed by atoms with Crippen LogP contribution in [0.25, 0.3) is 0 Å². The van der Waals surface area contributed by atoms with Gasteiger partial charge in [-0.1, -0.05) is 6.07 Å². The van der Waals surface area contributed by atoms with Gasteiger partial charge in [-0.05, 0) is 49.1 Å². The molecule has 0 unspecified atom stereocenters. The molecule has 0 fully saturated rings. The third-order valence-electron chi connectivity index (χ3n) is 3.73. The van der Waals surface area contributed by atoms with Crippen LogP contribution in [0.5, 0.6) is 5.75 Å². The van der Waals surface area contributed by atoms with Crippen LogP contribution in [-0.4, -0.2) is 38.6 Å². The second-order valence-corrected chi connectivity index (χ2v) is 6.64. The Morgan fingerprint density at radius 2 is 2.00 bits per heavy atom. The SMILES string of the molecule is CCNC(=NCc1sccc1C)NCCNC(=O)c1cccc(OC)c1. The number of benzene rings is 1. The molecule has 0 aliphatic carbocycles. The Morgan fingerprint density at radius 3 is 2.69 bits per heavy atom. The Kier molecular flexibility index (Phi) is 7.95. The van der Waals surface area contributed by atoms with Gasteiger partial charge in [-0.15, -0.1) is 11.3 Å². The molecule has 1 heterocycles. The van der Waals surface area contributed by atoms with Crippen molar-refractivity contribution in [3.05, 3.63) is 51.7 Å². The lowest BCUT2D eigenvalue weighted by molar-refractivity contribution is 0.0954. The van der Waals surface area contributed by atoms with Crippen molar-refractivity contribution in [2.75, 3.05) is 26.7 Å². The molecule has 0 atom stereocenters. The number of thiophene rings is 1. The predicted octanol–water partition coefficient (Wildman–Crippen LogP) is 2.55. The summed E-state index contributed by atoms with van der Waals surface area (Å²) >= 11 is 1.71. The highest BCUT2D eigenvalue weighted by atomic mass is 32.1. The zero-order chi connectivity index (χ0) is 18.8. The fourth-order valence-electron chi connectivity index (χ4n) is 2.28. The average Bonchev–Trinajstić information content (AvgIpc) is 3.07. The zero-order valence-electron chi connectivity index (χ0n) is 15.5. The van der Waals surface area contributed by atoms with Gasteiger partial charge in [0, 0.05) is 30.1 Å². The first-order valence-corrected chi connectivity index (χ1v) is 9.49. The number of carbonyl (C=O) groups is 1. The topological polar surface area (TPSA) is 74.8 Å². The number of guanidine groups is 1. The van der Waals surface area contributed by atoms with Gasteiger partial charge in [0.25, 0.3) is 5.91 Å². The van der Waals surface area contributed by atoms with Crippen molar-refractivity contribution in [1.82, 2.24) is 16.0 Å². The summed E-state index contributed by atoms with van der Waals surface area (Å²) in [5.74, 6) is 1.29. The lowest BCUT2D eigenvalue weighted by Gasteiger charge is -2.12. The van der Waals surface area contributed by atoms with Crippen LogP contribution in [0.3, 0.4) is 0 Å². The van der Waals surface area contributed by atoms with E-state index in [1.165, 1.54) is 10.4 Å². The molecule has 0 spiro atoms. The average molecular weight is 375 g/mol. The lowest BCUT2D eigenvalue weighted by atomic mass is 10.2. The summed E-state index contributed by atoms with van der Waals surface area (Å²) in [5, 5.41) is 11.4. The molecule has 2 rings (SSSR count). The second-order valence-electron chi connectivity index (χ2n) is 5.64. The monoisotopic (exact) mass is 374 g/mol. The van der Waals surface area contributed by atoms with E-state index in [-0.39, 0.29) is 5.91 Å². The van der Waals surface area contributed by atoms with Gasteiger partial charge in [0.1, 0.15) is 5.75 Å². The van der Waals surface area contributed by atoms with Gasteiger partial charge >= 0.3 is 0 Å². The molecule has 1 amide bonds. The summed E-state index contributed by atoms with van der Waals surface area (Å²) in [4.78, 5) is 18.0. The standard InChI is InChI=1S/C19H26N4O2S/c1-4-20-19(23-13-17-14(2)8-11-26-17)22-10-9-21-18(24)15-6-5-7-16(12-15)25-3/h5-8,11-12H,4,9-10,13H2,1-3H3,(H,21,24)(H2,20,22,23). The van der Waals surface area contributed by atoms with Crippen molar-refractivity contribution in [3.8, 4) is 5.75 Å². The number of amides is 1. The van der Waals surface area contributed by atoms with Crippen LogP contribution in [-0.2, 0) is 6.54 Å². The maximum atomic E-state index is 12.2. The van der Waals surface area contributed by atoms with Gasteiger partial charge in [0.2, 0.25) is 0 Å². The summed E-state index contributed by atoms with van der Waals surface area (Å²) < 4.78 is 5.14. The summed E-state index contributed by atoms with van der Waals surface area (Å²) in [6.45, 7) is 6.64. The number of aryl methyl sites for hydroxylation is 1. The van der Waals surface area contributed by atoms with Crippen LogP contribution in [0.2, 0.25) is 0 Å². The van der Waals surface area contributed by atoms with E-state index >= 15 is 0 Å². The molecule has 0 saturated carbocycles. The molecule has 6 nitrogen and oxygen atoms in total. The lowest BCUT2D eigenvalue weighted by Crippen LogP contribution is -2.41. The predicted molar refractivity (Wildman–Crippen MR) is 107 cm³/mol. The highest BCUT2D eigenvalue weighted by molar-refractivity contribution is 7.10. The highest BCUT2D eigenvalue weighted by Gasteiger charge is 2.06. The maximum absolute atomic E-state index is 12.2. The number of aliphatic imine (C=N–C) groups is 1. The molecule has 2 aromatic rings. The first-order chi connectivity index (χ1) is 12.6. The van der Waals surface area contributed by atoms with Crippen LogP contribution >= 0.6 is 11.3 Å².